The average molecular weight is 201 g/mol. The van der Waals surface area contributed by atoms with Crippen molar-refractivity contribution in [2.75, 3.05) is 13.2 Å². The van der Waals surface area contributed by atoms with Crippen LogP contribution in [0.2, 0.25) is 0 Å². The highest BCUT2D eigenvalue weighted by molar-refractivity contribution is 4.58. The molecule has 0 bridgehead atoms. The van der Waals surface area contributed by atoms with Gasteiger partial charge >= 0.3 is 0 Å². The lowest BCUT2D eigenvalue weighted by atomic mass is 10.1. The molecule has 1 atom stereocenters. The highest BCUT2D eigenvalue weighted by atomic mass is 16.5. The van der Waals surface area contributed by atoms with Crippen molar-refractivity contribution in [1.82, 2.24) is 0 Å². The van der Waals surface area contributed by atoms with Gasteiger partial charge in [-0.25, -0.2) is 5.11 Å². The van der Waals surface area contributed by atoms with Crippen molar-refractivity contribution in [2.24, 2.45) is 0 Å². The van der Waals surface area contributed by atoms with E-state index in [1.807, 2.05) is 6.92 Å². The fraction of sp³-hybridized carbons (Fsp3) is 1.00. The first kappa shape index (κ1) is 13.9. The molecular weight excluding hydrogens is 176 g/mol. The van der Waals surface area contributed by atoms with Crippen LogP contribution in [0, 0.1) is 0 Å². The van der Waals surface area contributed by atoms with E-state index in [0.717, 1.165) is 25.9 Å². The molecule has 0 saturated heterocycles. The highest BCUT2D eigenvalue weighted by Crippen LogP contribution is 2.13. The summed E-state index contributed by atoms with van der Waals surface area (Å²) in [5.41, 5.74) is 0. The van der Waals surface area contributed by atoms with Gasteiger partial charge in [0.05, 0.1) is 12.7 Å². The fourth-order valence-corrected chi connectivity index (χ4v) is 1.64. The molecule has 0 amide bonds. The van der Waals surface area contributed by atoms with Crippen molar-refractivity contribution in [2.45, 2.75) is 64.9 Å². The summed E-state index contributed by atoms with van der Waals surface area (Å²) in [5, 5.41) is 10.3. The molecule has 0 aliphatic rings. The minimum atomic E-state index is 0.0633. The lowest BCUT2D eigenvalue weighted by molar-refractivity contribution is 0.0454. The summed E-state index contributed by atoms with van der Waals surface area (Å²) < 4.78 is 5.63. The molecule has 2 heteroatoms. The van der Waals surface area contributed by atoms with Crippen molar-refractivity contribution in [3.8, 4) is 0 Å². The molecule has 0 spiro atoms. The second-order valence-electron chi connectivity index (χ2n) is 3.77. The van der Waals surface area contributed by atoms with E-state index in [-0.39, 0.29) is 6.61 Å². The van der Waals surface area contributed by atoms with Crippen LogP contribution >= 0.6 is 0 Å². The first-order valence-corrected chi connectivity index (χ1v) is 6.04. The molecule has 0 aromatic rings. The van der Waals surface area contributed by atoms with Gasteiger partial charge < -0.3 is 4.74 Å². The molecule has 1 unspecified atom stereocenters. The third-order valence-corrected chi connectivity index (χ3v) is 2.45. The van der Waals surface area contributed by atoms with Gasteiger partial charge in [-0.05, 0) is 32.6 Å². The Labute approximate surface area is 88.7 Å². The quantitative estimate of drug-likeness (QED) is 0.497. The fourth-order valence-electron chi connectivity index (χ4n) is 1.64. The van der Waals surface area contributed by atoms with E-state index in [4.69, 9.17) is 4.74 Å². The monoisotopic (exact) mass is 201 g/mol. The molecule has 0 rings (SSSR count). The SMILES string of the molecule is CCCCCC(CCCC[O])OCC. The summed E-state index contributed by atoms with van der Waals surface area (Å²) in [6.07, 6.45) is 8.29. The molecule has 14 heavy (non-hydrogen) atoms. The van der Waals surface area contributed by atoms with Crippen LogP contribution in [0.3, 0.4) is 0 Å². The van der Waals surface area contributed by atoms with Crippen LogP contribution in [0.1, 0.15) is 58.8 Å². The molecule has 0 aromatic carbocycles. The first-order valence-electron chi connectivity index (χ1n) is 6.04. The zero-order chi connectivity index (χ0) is 10.6. The predicted octanol–water partition coefficient (Wildman–Crippen LogP) is 3.57. The second kappa shape index (κ2) is 11.0. The Balaban J connectivity index is 3.44. The highest BCUT2D eigenvalue weighted by Gasteiger charge is 2.07. The van der Waals surface area contributed by atoms with Crippen molar-refractivity contribution in [3.63, 3.8) is 0 Å². The lowest BCUT2D eigenvalue weighted by Crippen LogP contribution is -2.13. The van der Waals surface area contributed by atoms with Crippen molar-refractivity contribution >= 4 is 0 Å². The Bertz CT molecular complexity index is 94.5. The number of hydrogen-bond acceptors (Lipinski definition) is 1. The van der Waals surface area contributed by atoms with E-state index in [0.29, 0.717) is 6.10 Å². The van der Waals surface area contributed by atoms with Gasteiger partial charge in [-0.1, -0.05) is 26.2 Å². The molecule has 0 aromatic heterocycles. The first-order chi connectivity index (χ1) is 6.85. The Morgan fingerprint density at radius 3 is 2.14 bits per heavy atom. The van der Waals surface area contributed by atoms with Crippen molar-refractivity contribution < 1.29 is 9.84 Å². The molecule has 0 saturated carbocycles. The van der Waals surface area contributed by atoms with Gasteiger partial charge in [0.15, 0.2) is 0 Å². The number of unbranched alkanes of at least 4 members (excludes halogenated alkanes) is 3. The Hall–Kier alpha value is -0.0800. The van der Waals surface area contributed by atoms with Crippen LogP contribution in [0.15, 0.2) is 0 Å². The zero-order valence-electron chi connectivity index (χ0n) is 9.76. The summed E-state index contributed by atoms with van der Waals surface area (Å²) in [6, 6.07) is 0. The van der Waals surface area contributed by atoms with E-state index in [1.54, 1.807) is 0 Å². The Kier molecular flexibility index (Phi) is 10.9. The number of hydrogen-bond donors (Lipinski definition) is 0. The van der Waals surface area contributed by atoms with Gasteiger partial charge in [-0.2, -0.15) is 0 Å². The molecule has 0 fully saturated rings. The van der Waals surface area contributed by atoms with Crippen molar-refractivity contribution in [1.29, 1.82) is 0 Å². The van der Waals surface area contributed by atoms with Crippen LogP contribution < -0.4 is 0 Å². The second-order valence-corrected chi connectivity index (χ2v) is 3.77. The van der Waals surface area contributed by atoms with Gasteiger partial charge in [-0.15, -0.1) is 0 Å². The molecule has 2 nitrogen and oxygen atoms in total. The van der Waals surface area contributed by atoms with Gasteiger partial charge in [0.2, 0.25) is 0 Å². The summed E-state index contributed by atoms with van der Waals surface area (Å²) in [4.78, 5) is 0. The largest absolute Gasteiger partial charge is 0.379 e. The third kappa shape index (κ3) is 8.52. The Morgan fingerprint density at radius 1 is 1.00 bits per heavy atom. The van der Waals surface area contributed by atoms with Crippen molar-refractivity contribution in [3.05, 3.63) is 0 Å². The van der Waals surface area contributed by atoms with E-state index < -0.39 is 0 Å². The summed E-state index contributed by atoms with van der Waals surface area (Å²) in [5.74, 6) is 0. The van der Waals surface area contributed by atoms with Crippen LogP contribution in [-0.2, 0) is 9.84 Å². The molecule has 0 N–H and O–H groups in total. The Morgan fingerprint density at radius 2 is 1.64 bits per heavy atom. The van der Waals surface area contributed by atoms with E-state index >= 15 is 0 Å². The molecule has 0 heterocycles. The van der Waals surface area contributed by atoms with Crippen LogP contribution in [0.4, 0.5) is 0 Å². The van der Waals surface area contributed by atoms with Crippen LogP contribution in [0.25, 0.3) is 0 Å². The molecular formula is C12H25O2. The minimum Gasteiger partial charge on any atom is -0.379 e. The maximum atomic E-state index is 10.3. The van der Waals surface area contributed by atoms with Crippen LogP contribution in [0.5, 0.6) is 0 Å². The maximum absolute atomic E-state index is 10.3. The predicted molar refractivity (Wildman–Crippen MR) is 59.0 cm³/mol. The third-order valence-electron chi connectivity index (χ3n) is 2.45. The molecule has 1 radical (unpaired) electrons. The zero-order valence-corrected chi connectivity index (χ0v) is 9.76. The topological polar surface area (TPSA) is 29.1 Å². The van der Waals surface area contributed by atoms with Gasteiger partial charge in [-0.3, -0.25) is 0 Å². The maximum Gasteiger partial charge on any atom is 0.0822 e. The lowest BCUT2D eigenvalue weighted by Gasteiger charge is -2.16. The van der Waals surface area contributed by atoms with E-state index in [1.165, 1.54) is 25.7 Å². The van der Waals surface area contributed by atoms with E-state index in [2.05, 4.69) is 6.92 Å². The average Bonchev–Trinajstić information content (AvgIpc) is 2.18. The molecule has 0 aliphatic heterocycles. The van der Waals surface area contributed by atoms with Gasteiger partial charge in [0, 0.05) is 6.61 Å². The summed E-state index contributed by atoms with van der Waals surface area (Å²) in [6.45, 7) is 5.12. The number of ether oxygens (including phenoxy) is 1. The smallest absolute Gasteiger partial charge is 0.0822 e. The molecule has 85 valence electrons. The van der Waals surface area contributed by atoms with Gasteiger partial charge in [0.1, 0.15) is 0 Å². The number of rotatable bonds is 10. The standard InChI is InChI=1S/C12H25O2/c1-3-5-6-9-12(14-4-2)10-7-8-11-13/h12H,3-11H2,1-2H3. The van der Waals surface area contributed by atoms with E-state index in [9.17, 15) is 5.11 Å². The summed E-state index contributed by atoms with van der Waals surface area (Å²) in [7, 11) is 0. The minimum absolute atomic E-state index is 0.0633. The normalized spacial score (nSPS) is 13.1. The van der Waals surface area contributed by atoms with Crippen LogP contribution in [-0.4, -0.2) is 19.3 Å². The van der Waals surface area contributed by atoms with Gasteiger partial charge in [0.25, 0.3) is 0 Å². The summed E-state index contributed by atoms with van der Waals surface area (Å²) >= 11 is 0. The molecule has 0 aliphatic carbocycles.